The van der Waals surface area contributed by atoms with Gasteiger partial charge in [0.2, 0.25) is 0 Å². The van der Waals surface area contributed by atoms with Crippen LogP contribution in [0.2, 0.25) is 0 Å². The second-order valence-electron chi connectivity index (χ2n) is 4.90. The summed E-state index contributed by atoms with van der Waals surface area (Å²) in [5.74, 6) is 0.402. The number of rotatable bonds is 12. The minimum atomic E-state index is -0.0517. The summed E-state index contributed by atoms with van der Waals surface area (Å²) in [6, 6.07) is 0. The Morgan fingerprint density at radius 1 is 1.11 bits per heavy atom. The molecule has 104 valence electrons. The highest BCUT2D eigenvalue weighted by molar-refractivity contribution is 5.69. The molecule has 2 nitrogen and oxygen atoms in total. The smallest absolute Gasteiger partial charge is 0.305 e. The van der Waals surface area contributed by atoms with Gasteiger partial charge in [-0.1, -0.05) is 25.5 Å². The van der Waals surface area contributed by atoms with Crippen molar-refractivity contribution in [2.75, 3.05) is 6.61 Å². The van der Waals surface area contributed by atoms with Crippen LogP contribution in [-0.4, -0.2) is 12.6 Å². The number of hydrogen-bond donors (Lipinski definition) is 0. The molecule has 1 unspecified atom stereocenters. The second-order valence-corrected chi connectivity index (χ2v) is 4.90. The van der Waals surface area contributed by atoms with Crippen molar-refractivity contribution in [3.8, 4) is 0 Å². The molecule has 0 bridgehead atoms. The van der Waals surface area contributed by atoms with Crippen molar-refractivity contribution in [2.24, 2.45) is 5.92 Å². The zero-order valence-electron chi connectivity index (χ0n) is 11.8. The van der Waals surface area contributed by atoms with Crippen LogP contribution in [0.3, 0.4) is 0 Å². The Morgan fingerprint density at radius 3 is 2.44 bits per heavy atom. The number of carbonyl (C=O) groups is 1. The third kappa shape index (κ3) is 11.4. The predicted molar refractivity (Wildman–Crippen MR) is 77.5 cm³/mol. The maximum atomic E-state index is 11.5. The van der Waals surface area contributed by atoms with Gasteiger partial charge in [0, 0.05) is 6.42 Å². The lowest BCUT2D eigenvalue weighted by molar-refractivity contribution is -0.145. The van der Waals surface area contributed by atoms with Gasteiger partial charge in [-0.3, -0.25) is 4.79 Å². The van der Waals surface area contributed by atoms with Crippen molar-refractivity contribution in [1.29, 1.82) is 0 Å². The first kappa shape index (κ1) is 16.9. The van der Waals surface area contributed by atoms with Gasteiger partial charge in [0.1, 0.15) is 0 Å². The van der Waals surface area contributed by atoms with Gasteiger partial charge < -0.3 is 4.74 Å². The van der Waals surface area contributed by atoms with E-state index in [9.17, 15) is 4.79 Å². The molecule has 0 spiro atoms. The molecule has 0 N–H and O–H groups in total. The van der Waals surface area contributed by atoms with Gasteiger partial charge in [0.05, 0.1) is 6.61 Å². The van der Waals surface area contributed by atoms with Crippen LogP contribution in [0.25, 0.3) is 0 Å². The molecule has 0 aliphatic carbocycles. The Balaban J connectivity index is 3.39. The van der Waals surface area contributed by atoms with Crippen molar-refractivity contribution < 1.29 is 9.53 Å². The zero-order valence-corrected chi connectivity index (χ0v) is 11.8. The molecular formula is C16H28O2. The van der Waals surface area contributed by atoms with Gasteiger partial charge in [-0.15, -0.1) is 13.2 Å². The molecule has 0 aromatic heterocycles. The van der Waals surface area contributed by atoms with Crippen molar-refractivity contribution >= 4 is 5.97 Å². The van der Waals surface area contributed by atoms with E-state index >= 15 is 0 Å². The summed E-state index contributed by atoms with van der Waals surface area (Å²) in [7, 11) is 0. The number of carbonyl (C=O) groups excluding carboxylic acids is 1. The van der Waals surface area contributed by atoms with Crippen LogP contribution < -0.4 is 0 Å². The van der Waals surface area contributed by atoms with Crippen LogP contribution >= 0.6 is 0 Å². The lowest BCUT2D eigenvalue weighted by Crippen LogP contribution is -2.11. The van der Waals surface area contributed by atoms with Crippen LogP contribution in [0, 0.1) is 5.92 Å². The zero-order chi connectivity index (χ0) is 13.6. The lowest BCUT2D eigenvalue weighted by atomic mass is 10.1. The first-order chi connectivity index (χ1) is 8.70. The molecule has 0 aromatic carbocycles. The standard InChI is InChI=1S/C16H28O2/c1-4-6-8-9-11-13-16(17)18-14-15(3)12-10-7-5-2/h4-5,15H,1-2,6-14H2,3H3. The summed E-state index contributed by atoms with van der Waals surface area (Å²) in [5, 5.41) is 0. The van der Waals surface area contributed by atoms with Crippen molar-refractivity contribution in [3.05, 3.63) is 25.3 Å². The Morgan fingerprint density at radius 2 is 1.78 bits per heavy atom. The fourth-order valence-corrected chi connectivity index (χ4v) is 1.74. The van der Waals surface area contributed by atoms with Gasteiger partial charge in [0.15, 0.2) is 0 Å². The molecule has 0 aliphatic heterocycles. The van der Waals surface area contributed by atoms with Crippen LogP contribution in [0.5, 0.6) is 0 Å². The van der Waals surface area contributed by atoms with E-state index in [0.717, 1.165) is 44.9 Å². The molecule has 0 aromatic rings. The first-order valence-electron chi connectivity index (χ1n) is 7.08. The Labute approximate surface area is 112 Å². The van der Waals surface area contributed by atoms with E-state index in [1.165, 1.54) is 0 Å². The summed E-state index contributed by atoms with van der Waals surface area (Å²) < 4.78 is 5.26. The molecule has 2 heteroatoms. The number of esters is 1. The van der Waals surface area contributed by atoms with Gasteiger partial charge in [-0.05, 0) is 44.4 Å². The second kappa shape index (κ2) is 12.4. The summed E-state index contributed by atoms with van der Waals surface area (Å²) in [6.45, 7) is 10.1. The van der Waals surface area contributed by atoms with Crippen LogP contribution in [0.1, 0.15) is 58.3 Å². The Bertz CT molecular complexity index is 233. The van der Waals surface area contributed by atoms with Crippen molar-refractivity contribution in [2.45, 2.75) is 58.3 Å². The van der Waals surface area contributed by atoms with E-state index in [2.05, 4.69) is 20.1 Å². The highest BCUT2D eigenvalue weighted by atomic mass is 16.5. The van der Waals surface area contributed by atoms with Gasteiger partial charge >= 0.3 is 5.97 Å². The molecule has 1 atom stereocenters. The fourth-order valence-electron chi connectivity index (χ4n) is 1.74. The maximum absolute atomic E-state index is 11.5. The predicted octanol–water partition coefficient (Wildman–Crippen LogP) is 4.66. The van der Waals surface area contributed by atoms with Gasteiger partial charge in [-0.2, -0.15) is 0 Å². The molecule has 0 radical (unpaired) electrons. The normalized spacial score (nSPS) is 11.8. The number of allylic oxidation sites excluding steroid dienone is 2. The van der Waals surface area contributed by atoms with Crippen LogP contribution in [-0.2, 0) is 9.53 Å². The van der Waals surface area contributed by atoms with Crippen LogP contribution in [0.15, 0.2) is 25.3 Å². The molecule has 0 saturated carbocycles. The maximum Gasteiger partial charge on any atom is 0.305 e. The Kier molecular flexibility index (Phi) is 11.7. The highest BCUT2D eigenvalue weighted by Crippen LogP contribution is 2.10. The van der Waals surface area contributed by atoms with Crippen molar-refractivity contribution in [1.82, 2.24) is 0 Å². The van der Waals surface area contributed by atoms with E-state index in [1.807, 2.05) is 12.2 Å². The summed E-state index contributed by atoms with van der Waals surface area (Å²) in [5.41, 5.74) is 0. The third-order valence-corrected chi connectivity index (χ3v) is 2.92. The quantitative estimate of drug-likeness (QED) is 0.287. The molecule has 0 rings (SSSR count). The molecular weight excluding hydrogens is 224 g/mol. The number of ether oxygens (including phenoxy) is 1. The molecule has 0 heterocycles. The van der Waals surface area contributed by atoms with E-state index in [-0.39, 0.29) is 5.97 Å². The molecule has 0 saturated heterocycles. The summed E-state index contributed by atoms with van der Waals surface area (Å²) in [6.07, 6.45) is 11.8. The lowest BCUT2D eigenvalue weighted by Gasteiger charge is -2.11. The van der Waals surface area contributed by atoms with E-state index in [1.54, 1.807) is 0 Å². The molecule has 0 amide bonds. The summed E-state index contributed by atoms with van der Waals surface area (Å²) in [4.78, 5) is 11.5. The number of unbranched alkanes of at least 4 members (excludes halogenated alkanes) is 4. The summed E-state index contributed by atoms with van der Waals surface area (Å²) >= 11 is 0. The minimum Gasteiger partial charge on any atom is -0.465 e. The molecule has 18 heavy (non-hydrogen) atoms. The minimum absolute atomic E-state index is 0.0517. The first-order valence-corrected chi connectivity index (χ1v) is 7.08. The third-order valence-electron chi connectivity index (χ3n) is 2.92. The SMILES string of the molecule is C=CCCCCCC(=O)OCC(C)CCCC=C. The molecule has 0 aliphatic rings. The van der Waals surface area contributed by atoms with Gasteiger partial charge in [-0.25, -0.2) is 0 Å². The van der Waals surface area contributed by atoms with Gasteiger partial charge in [0.25, 0.3) is 0 Å². The van der Waals surface area contributed by atoms with E-state index < -0.39 is 0 Å². The largest absolute Gasteiger partial charge is 0.465 e. The van der Waals surface area contributed by atoms with Crippen molar-refractivity contribution in [3.63, 3.8) is 0 Å². The average Bonchev–Trinajstić information content (AvgIpc) is 2.36. The topological polar surface area (TPSA) is 26.3 Å². The van der Waals surface area contributed by atoms with Crippen LogP contribution in [0.4, 0.5) is 0 Å². The van der Waals surface area contributed by atoms with E-state index in [4.69, 9.17) is 4.74 Å². The van der Waals surface area contributed by atoms with E-state index in [0.29, 0.717) is 18.9 Å². The number of hydrogen-bond acceptors (Lipinski definition) is 2. The highest BCUT2D eigenvalue weighted by Gasteiger charge is 2.06. The fraction of sp³-hybridized carbons (Fsp3) is 0.688. The Hall–Kier alpha value is -1.05. The monoisotopic (exact) mass is 252 g/mol. The molecule has 0 fully saturated rings. The average molecular weight is 252 g/mol.